The van der Waals surface area contributed by atoms with Crippen LogP contribution < -0.4 is 23.9 Å². The Hall–Kier alpha value is -3.98. The first kappa shape index (κ1) is 26.1. The molecule has 194 valence electrons. The first-order valence-corrected chi connectivity index (χ1v) is 12.2. The lowest BCUT2D eigenvalue weighted by molar-refractivity contribution is -0.695. The van der Waals surface area contributed by atoms with Crippen LogP contribution in [-0.2, 0) is 16.1 Å². The Kier molecular flexibility index (Phi) is 8.03. The van der Waals surface area contributed by atoms with E-state index in [0.29, 0.717) is 42.4 Å². The zero-order valence-electron chi connectivity index (χ0n) is 20.8. The highest BCUT2D eigenvalue weighted by Gasteiger charge is 2.45. The molecule has 1 fully saturated rings. The summed E-state index contributed by atoms with van der Waals surface area (Å²) < 4.78 is 18.4. The van der Waals surface area contributed by atoms with Gasteiger partial charge in [0.25, 0.3) is 5.91 Å². The zero-order valence-corrected chi connectivity index (χ0v) is 21.6. The summed E-state index contributed by atoms with van der Waals surface area (Å²) in [7, 11) is 2.97. The molecule has 1 aliphatic heterocycles. The van der Waals surface area contributed by atoms with Crippen molar-refractivity contribution in [3.63, 3.8) is 0 Å². The number of ketones is 1. The predicted octanol–water partition coefficient (Wildman–Crippen LogP) is 2.69. The predicted molar refractivity (Wildman–Crippen MR) is 134 cm³/mol. The number of carbonyl (C=O) groups is 2. The average molecular weight is 526 g/mol. The Morgan fingerprint density at radius 1 is 1.16 bits per heavy atom. The number of likely N-dealkylation sites (tertiary alicyclic amines) is 1. The molecule has 0 saturated carbocycles. The maximum absolute atomic E-state index is 13.8. The average Bonchev–Trinajstić information content (AvgIpc) is 3.51. The number of methoxy groups -OCH3 is 2. The number of Topliss-reactive ketones (excluding diaryl/α,β-unsaturated/α-hetero) is 1. The van der Waals surface area contributed by atoms with Gasteiger partial charge in [0, 0.05) is 24.1 Å². The first-order chi connectivity index (χ1) is 17.9. The summed E-state index contributed by atoms with van der Waals surface area (Å²) in [6.45, 7) is 3.09. The molecular formula is C27H28ClN3O6. The maximum atomic E-state index is 13.8. The molecule has 0 spiro atoms. The van der Waals surface area contributed by atoms with Crippen molar-refractivity contribution in [2.24, 2.45) is 0 Å². The lowest BCUT2D eigenvalue weighted by Gasteiger charge is -2.29. The minimum Gasteiger partial charge on any atom is -0.872 e. The van der Waals surface area contributed by atoms with Crippen LogP contribution in [0.5, 0.6) is 17.2 Å². The number of ether oxygens (including phenoxy) is 3. The number of aromatic amines is 1. The molecule has 10 heteroatoms. The second-order valence-corrected chi connectivity index (χ2v) is 8.74. The van der Waals surface area contributed by atoms with Crippen LogP contribution in [0, 0.1) is 0 Å². The fraction of sp³-hybridized carbons (Fsp3) is 0.296. The van der Waals surface area contributed by atoms with Crippen molar-refractivity contribution >= 4 is 29.1 Å². The Bertz CT molecular complexity index is 1320. The van der Waals surface area contributed by atoms with Gasteiger partial charge in [-0.15, -0.1) is 0 Å². The van der Waals surface area contributed by atoms with Crippen molar-refractivity contribution < 1.29 is 33.5 Å². The van der Waals surface area contributed by atoms with Crippen molar-refractivity contribution in [2.45, 2.75) is 25.9 Å². The number of carbonyl (C=O) groups excluding carboxylic acids is 2. The van der Waals surface area contributed by atoms with Crippen LogP contribution in [0.1, 0.15) is 30.5 Å². The van der Waals surface area contributed by atoms with Crippen molar-refractivity contribution in [3.05, 3.63) is 76.8 Å². The van der Waals surface area contributed by atoms with Gasteiger partial charge in [0.15, 0.2) is 11.5 Å². The summed E-state index contributed by atoms with van der Waals surface area (Å²) in [5.41, 5.74) is 0.503. The smallest absolute Gasteiger partial charge is 0.295 e. The van der Waals surface area contributed by atoms with Gasteiger partial charge < -0.3 is 24.2 Å². The van der Waals surface area contributed by atoms with Crippen LogP contribution >= 0.6 is 11.6 Å². The van der Waals surface area contributed by atoms with E-state index in [1.165, 1.54) is 31.3 Å². The molecule has 4 rings (SSSR count). The van der Waals surface area contributed by atoms with Gasteiger partial charge in [0.1, 0.15) is 18.1 Å². The van der Waals surface area contributed by atoms with Gasteiger partial charge in [-0.25, -0.2) is 4.57 Å². The van der Waals surface area contributed by atoms with Crippen LogP contribution in [0.2, 0.25) is 5.02 Å². The molecule has 2 heterocycles. The van der Waals surface area contributed by atoms with Gasteiger partial charge in [-0.1, -0.05) is 35.6 Å². The summed E-state index contributed by atoms with van der Waals surface area (Å²) in [6.07, 6.45) is 6.02. The number of para-hydroxylation sites is 1. The van der Waals surface area contributed by atoms with Gasteiger partial charge in [-0.05, 0) is 30.7 Å². The summed E-state index contributed by atoms with van der Waals surface area (Å²) in [6, 6.07) is 8.77. The van der Waals surface area contributed by atoms with E-state index in [4.69, 9.17) is 25.8 Å². The second-order valence-electron chi connectivity index (χ2n) is 8.34. The van der Waals surface area contributed by atoms with E-state index in [-0.39, 0.29) is 22.7 Å². The summed E-state index contributed by atoms with van der Waals surface area (Å²) in [4.78, 5) is 31.0. The minimum atomic E-state index is -0.959. The lowest BCUT2D eigenvalue weighted by Crippen LogP contribution is -2.36. The zero-order chi connectivity index (χ0) is 26.5. The van der Waals surface area contributed by atoms with E-state index < -0.39 is 23.5 Å². The molecule has 1 aliphatic rings. The Labute approximate surface area is 219 Å². The van der Waals surface area contributed by atoms with E-state index in [9.17, 15) is 14.7 Å². The summed E-state index contributed by atoms with van der Waals surface area (Å²) in [5, 5.41) is 14.0. The molecule has 0 bridgehead atoms. The lowest BCUT2D eigenvalue weighted by atomic mass is 9.94. The highest BCUT2D eigenvalue weighted by Crippen LogP contribution is 2.45. The third kappa shape index (κ3) is 5.13. The molecule has 0 aliphatic carbocycles. The minimum absolute atomic E-state index is 0.161. The number of amides is 1. The molecule has 1 atom stereocenters. The van der Waals surface area contributed by atoms with Crippen LogP contribution in [0.3, 0.4) is 0 Å². The monoisotopic (exact) mass is 525 g/mol. The van der Waals surface area contributed by atoms with E-state index in [1.54, 1.807) is 36.8 Å². The maximum Gasteiger partial charge on any atom is 0.295 e. The molecule has 9 nitrogen and oxygen atoms in total. The van der Waals surface area contributed by atoms with Crippen molar-refractivity contribution in [1.82, 2.24) is 9.88 Å². The number of aromatic nitrogens is 2. The number of hydrogen-bond acceptors (Lipinski definition) is 6. The van der Waals surface area contributed by atoms with E-state index >= 15 is 0 Å². The molecule has 1 amide bonds. The SMILES string of the molecule is CCOc1ccc(C([O-])=C2C(=O)C(=O)N(CCC[n+]3cc[nH]c3)C2c2cccc(OC)c2OC)cc1Cl. The third-order valence-electron chi connectivity index (χ3n) is 6.17. The number of hydrogen-bond donors (Lipinski definition) is 1. The van der Waals surface area contributed by atoms with Crippen molar-refractivity contribution in [3.8, 4) is 17.2 Å². The van der Waals surface area contributed by atoms with Crippen LogP contribution in [0.15, 0.2) is 60.7 Å². The molecule has 1 saturated heterocycles. The number of halogens is 1. The molecule has 1 aromatic heterocycles. The number of rotatable bonds is 10. The third-order valence-corrected chi connectivity index (χ3v) is 6.46. The molecule has 2 aromatic carbocycles. The van der Waals surface area contributed by atoms with Gasteiger partial charge in [0.2, 0.25) is 12.1 Å². The van der Waals surface area contributed by atoms with Crippen LogP contribution in [0.4, 0.5) is 0 Å². The van der Waals surface area contributed by atoms with Crippen LogP contribution in [0.25, 0.3) is 5.76 Å². The van der Waals surface area contributed by atoms with E-state index in [0.717, 1.165) is 0 Å². The van der Waals surface area contributed by atoms with E-state index in [2.05, 4.69) is 4.98 Å². The quantitative estimate of drug-likeness (QED) is 0.189. The Balaban J connectivity index is 1.82. The number of benzene rings is 2. The fourth-order valence-corrected chi connectivity index (χ4v) is 4.74. The number of H-pyrrole nitrogens is 1. The summed E-state index contributed by atoms with van der Waals surface area (Å²) >= 11 is 6.32. The van der Waals surface area contributed by atoms with Gasteiger partial charge in [-0.3, -0.25) is 14.6 Å². The number of nitrogens with zero attached hydrogens (tertiary/aromatic N) is 2. The van der Waals surface area contributed by atoms with Crippen molar-refractivity contribution in [1.29, 1.82) is 0 Å². The molecule has 1 unspecified atom stereocenters. The normalized spacial score (nSPS) is 16.8. The second kappa shape index (κ2) is 11.4. The highest BCUT2D eigenvalue weighted by atomic mass is 35.5. The van der Waals surface area contributed by atoms with Crippen LogP contribution in [-0.4, -0.2) is 48.9 Å². The Morgan fingerprint density at radius 3 is 2.62 bits per heavy atom. The largest absolute Gasteiger partial charge is 0.872 e. The molecule has 3 aromatic rings. The molecule has 1 N–H and O–H groups in total. The van der Waals surface area contributed by atoms with Gasteiger partial charge >= 0.3 is 0 Å². The highest BCUT2D eigenvalue weighted by molar-refractivity contribution is 6.46. The van der Waals surface area contributed by atoms with Gasteiger partial charge in [-0.2, -0.15) is 0 Å². The number of imidazole rings is 1. The first-order valence-electron chi connectivity index (χ1n) is 11.8. The van der Waals surface area contributed by atoms with Gasteiger partial charge in [0.05, 0.1) is 38.4 Å². The topological polar surface area (TPSA) is 108 Å². The molecular weight excluding hydrogens is 498 g/mol. The molecule has 37 heavy (non-hydrogen) atoms. The van der Waals surface area contributed by atoms with E-state index in [1.807, 2.05) is 17.7 Å². The van der Waals surface area contributed by atoms with Crippen molar-refractivity contribution in [2.75, 3.05) is 27.4 Å². The summed E-state index contributed by atoms with van der Waals surface area (Å²) in [5.74, 6) is -0.980. The fourth-order valence-electron chi connectivity index (χ4n) is 4.50. The Morgan fingerprint density at radius 2 is 1.97 bits per heavy atom. The number of aryl methyl sites for hydroxylation is 1. The number of nitrogens with one attached hydrogen (secondary N) is 1. The standard InChI is InChI=1S/C27H28ClN3O6/c1-4-37-20-10-9-17(15-19(20)28)24(32)22-23(18-7-5-8-21(35-2)26(18)36-3)31(27(34)25(22)33)13-6-12-30-14-11-29-16-30/h5,7-11,14-16,23H,4,6,12-13H2,1-3H3,(H,32,33). The molecule has 0 radical (unpaired) electrons.